The predicted molar refractivity (Wildman–Crippen MR) is 43.3 cm³/mol. The molecule has 0 radical (unpaired) electrons. The van der Waals surface area contributed by atoms with E-state index in [0.29, 0.717) is 24.8 Å². The fourth-order valence-electron chi connectivity index (χ4n) is 1.32. The third-order valence-corrected chi connectivity index (χ3v) is 2.13. The average Bonchev–Trinajstić information content (AvgIpc) is 2.17. The van der Waals surface area contributed by atoms with Gasteiger partial charge in [0.25, 0.3) is 0 Å². The van der Waals surface area contributed by atoms with Gasteiger partial charge >= 0.3 is 11.9 Å². The molecule has 0 saturated carbocycles. The number of nitrogens with two attached hydrogens (primary N) is 1. The molecule has 13 heavy (non-hydrogen) atoms. The number of aliphatic carboxylic acids is 1. The molecule has 0 spiro atoms. The molecule has 0 aromatic rings. The van der Waals surface area contributed by atoms with Gasteiger partial charge in [0.15, 0.2) is 0 Å². The fourth-order valence-corrected chi connectivity index (χ4v) is 1.32. The highest BCUT2D eigenvalue weighted by molar-refractivity contribution is 5.88. The standard InChI is InChI=1S/C8H11NO4/c9-13-8(12)6-3-1-5(2-4-6)7(10)11/h3,5H,1-2,4,9H2,(H,10,11). The van der Waals surface area contributed by atoms with Gasteiger partial charge in [-0.2, -0.15) is 5.90 Å². The van der Waals surface area contributed by atoms with Gasteiger partial charge in [-0.1, -0.05) is 6.08 Å². The summed E-state index contributed by atoms with van der Waals surface area (Å²) in [4.78, 5) is 25.4. The normalized spacial score (nSPS) is 21.9. The van der Waals surface area contributed by atoms with Gasteiger partial charge < -0.3 is 9.94 Å². The fraction of sp³-hybridized carbons (Fsp3) is 0.500. The van der Waals surface area contributed by atoms with Crippen molar-refractivity contribution >= 4 is 11.9 Å². The lowest BCUT2D eigenvalue weighted by molar-refractivity contribution is -0.143. The van der Waals surface area contributed by atoms with E-state index in [1.165, 1.54) is 0 Å². The molecule has 1 atom stereocenters. The molecule has 0 aromatic carbocycles. The third kappa shape index (κ3) is 2.29. The molecular formula is C8H11NO4. The Kier molecular flexibility index (Phi) is 3.02. The Hall–Kier alpha value is -1.36. The van der Waals surface area contributed by atoms with E-state index in [-0.39, 0.29) is 5.92 Å². The Morgan fingerprint density at radius 1 is 1.62 bits per heavy atom. The van der Waals surface area contributed by atoms with Crippen LogP contribution in [0.25, 0.3) is 0 Å². The summed E-state index contributed by atoms with van der Waals surface area (Å²) >= 11 is 0. The molecule has 3 N–H and O–H groups in total. The van der Waals surface area contributed by atoms with Gasteiger partial charge in [0, 0.05) is 5.57 Å². The van der Waals surface area contributed by atoms with Crippen LogP contribution in [0.3, 0.4) is 0 Å². The highest BCUT2D eigenvalue weighted by Crippen LogP contribution is 2.23. The summed E-state index contributed by atoms with van der Waals surface area (Å²) < 4.78 is 0. The summed E-state index contributed by atoms with van der Waals surface area (Å²) in [6.45, 7) is 0. The highest BCUT2D eigenvalue weighted by atomic mass is 16.7. The van der Waals surface area contributed by atoms with Crippen LogP contribution in [-0.4, -0.2) is 17.0 Å². The molecule has 0 fully saturated rings. The molecule has 5 nitrogen and oxygen atoms in total. The quantitative estimate of drug-likeness (QED) is 0.600. The number of allylic oxidation sites excluding steroid dienone is 1. The second kappa shape index (κ2) is 4.04. The van der Waals surface area contributed by atoms with Crippen LogP contribution in [0.4, 0.5) is 0 Å². The summed E-state index contributed by atoms with van der Waals surface area (Å²) in [5.41, 5.74) is 0.472. The number of carbonyl (C=O) groups is 2. The molecule has 1 aliphatic carbocycles. The monoisotopic (exact) mass is 185 g/mol. The molecule has 0 aromatic heterocycles. The van der Waals surface area contributed by atoms with Crippen molar-refractivity contribution < 1.29 is 19.5 Å². The average molecular weight is 185 g/mol. The number of rotatable bonds is 2. The first-order valence-corrected chi connectivity index (χ1v) is 3.98. The van der Waals surface area contributed by atoms with E-state index < -0.39 is 11.9 Å². The van der Waals surface area contributed by atoms with Crippen LogP contribution in [-0.2, 0) is 14.4 Å². The molecule has 1 aliphatic rings. The van der Waals surface area contributed by atoms with Crippen LogP contribution in [0.2, 0.25) is 0 Å². The Morgan fingerprint density at radius 3 is 2.69 bits per heavy atom. The molecule has 0 bridgehead atoms. The van der Waals surface area contributed by atoms with E-state index in [2.05, 4.69) is 4.84 Å². The first kappa shape index (κ1) is 9.73. The summed E-state index contributed by atoms with van der Waals surface area (Å²) in [7, 11) is 0. The lowest BCUT2D eigenvalue weighted by atomic mass is 9.90. The lowest BCUT2D eigenvalue weighted by Crippen LogP contribution is -2.20. The molecule has 0 saturated heterocycles. The lowest BCUT2D eigenvalue weighted by Gasteiger charge is -2.16. The van der Waals surface area contributed by atoms with Crippen LogP contribution in [0.1, 0.15) is 19.3 Å². The van der Waals surface area contributed by atoms with Gasteiger partial charge in [-0.15, -0.1) is 0 Å². The number of hydrogen-bond donors (Lipinski definition) is 2. The van der Waals surface area contributed by atoms with Crippen LogP contribution in [0, 0.1) is 5.92 Å². The molecule has 1 rings (SSSR count). The zero-order valence-corrected chi connectivity index (χ0v) is 7.03. The van der Waals surface area contributed by atoms with Crippen molar-refractivity contribution in [2.24, 2.45) is 11.8 Å². The topological polar surface area (TPSA) is 89.6 Å². The minimum absolute atomic E-state index is 0.375. The zero-order chi connectivity index (χ0) is 9.84. The van der Waals surface area contributed by atoms with Crippen molar-refractivity contribution in [3.8, 4) is 0 Å². The third-order valence-electron chi connectivity index (χ3n) is 2.13. The van der Waals surface area contributed by atoms with Gasteiger partial charge in [0.2, 0.25) is 0 Å². The van der Waals surface area contributed by atoms with Crippen LogP contribution in [0.15, 0.2) is 11.6 Å². The maximum Gasteiger partial charge on any atom is 0.352 e. The Morgan fingerprint density at radius 2 is 2.31 bits per heavy atom. The summed E-state index contributed by atoms with van der Waals surface area (Å²) in [6, 6.07) is 0. The summed E-state index contributed by atoms with van der Waals surface area (Å²) in [5.74, 6) is 2.92. The van der Waals surface area contributed by atoms with Crippen molar-refractivity contribution in [2.75, 3.05) is 0 Å². The minimum Gasteiger partial charge on any atom is -0.481 e. The van der Waals surface area contributed by atoms with Crippen molar-refractivity contribution in [1.29, 1.82) is 0 Å². The van der Waals surface area contributed by atoms with Crippen LogP contribution in [0.5, 0.6) is 0 Å². The second-order valence-electron chi connectivity index (χ2n) is 2.94. The Balaban J connectivity index is 2.57. The van der Waals surface area contributed by atoms with Gasteiger partial charge in [0.05, 0.1) is 5.92 Å². The van der Waals surface area contributed by atoms with E-state index in [0.717, 1.165) is 0 Å². The van der Waals surface area contributed by atoms with Crippen LogP contribution >= 0.6 is 0 Å². The first-order valence-electron chi connectivity index (χ1n) is 3.98. The molecule has 1 unspecified atom stereocenters. The number of carboxylic acid groups (broad SMARTS) is 1. The van der Waals surface area contributed by atoms with Gasteiger partial charge in [-0.05, 0) is 19.3 Å². The van der Waals surface area contributed by atoms with Crippen LogP contribution < -0.4 is 5.90 Å². The largest absolute Gasteiger partial charge is 0.481 e. The van der Waals surface area contributed by atoms with Gasteiger partial charge in [-0.25, -0.2) is 4.79 Å². The minimum atomic E-state index is -0.823. The molecule has 0 aliphatic heterocycles. The van der Waals surface area contributed by atoms with Crippen molar-refractivity contribution in [2.45, 2.75) is 19.3 Å². The molecule has 5 heteroatoms. The maximum absolute atomic E-state index is 10.9. The summed E-state index contributed by atoms with van der Waals surface area (Å²) in [6.07, 6.45) is 2.85. The highest BCUT2D eigenvalue weighted by Gasteiger charge is 2.23. The zero-order valence-electron chi connectivity index (χ0n) is 7.03. The Bertz CT molecular complexity index is 259. The van der Waals surface area contributed by atoms with E-state index >= 15 is 0 Å². The first-order chi connectivity index (χ1) is 6.15. The Labute approximate surface area is 75.1 Å². The van der Waals surface area contributed by atoms with E-state index in [4.69, 9.17) is 11.0 Å². The van der Waals surface area contributed by atoms with E-state index in [1.54, 1.807) is 6.08 Å². The molecular weight excluding hydrogens is 174 g/mol. The number of hydrogen-bond acceptors (Lipinski definition) is 4. The van der Waals surface area contributed by atoms with Gasteiger partial charge in [0.1, 0.15) is 0 Å². The predicted octanol–water partition coefficient (Wildman–Crippen LogP) is 0.214. The second-order valence-corrected chi connectivity index (χ2v) is 2.94. The molecule has 72 valence electrons. The summed E-state index contributed by atoms with van der Waals surface area (Å²) in [5, 5.41) is 8.65. The molecule has 0 heterocycles. The van der Waals surface area contributed by atoms with Gasteiger partial charge in [-0.3, -0.25) is 4.79 Å². The molecule has 0 amide bonds. The van der Waals surface area contributed by atoms with Crippen molar-refractivity contribution in [3.05, 3.63) is 11.6 Å². The van der Waals surface area contributed by atoms with Crippen molar-refractivity contribution in [1.82, 2.24) is 0 Å². The van der Waals surface area contributed by atoms with E-state index in [1.807, 2.05) is 0 Å². The smallest absolute Gasteiger partial charge is 0.352 e. The van der Waals surface area contributed by atoms with Crippen molar-refractivity contribution in [3.63, 3.8) is 0 Å². The maximum atomic E-state index is 10.9. The number of carbonyl (C=O) groups excluding carboxylic acids is 1. The SMILES string of the molecule is NOC(=O)C1=CCC(C(=O)O)CC1. The van der Waals surface area contributed by atoms with E-state index in [9.17, 15) is 9.59 Å². The number of carboxylic acids is 1.